The summed E-state index contributed by atoms with van der Waals surface area (Å²) >= 11 is 0. The number of carbonyl (C=O) groups is 1. The summed E-state index contributed by atoms with van der Waals surface area (Å²) < 4.78 is 66.7. The Morgan fingerprint density at radius 2 is 1.62 bits per heavy atom. The largest absolute Gasteiger partial charge is 0.378 e. The van der Waals surface area contributed by atoms with Crippen LogP contribution in [0.15, 0.2) is 41.3 Å². The molecule has 3 rings (SSSR count). The number of rotatable bonds is 4. The standard InChI is InChI=1S/C19H20F3N3O3S/c1-23(2)14-5-3-4-13(12-14)19(26)24-8-10-25(11-9-24)29(27,28)16-7-6-15(20)17(21)18(16)22/h3-7,12H,8-11H2,1-2H3. The number of anilines is 1. The molecular formula is C19H20F3N3O3S. The molecule has 0 radical (unpaired) electrons. The van der Waals surface area contributed by atoms with Crippen LogP contribution >= 0.6 is 0 Å². The van der Waals surface area contributed by atoms with Gasteiger partial charge in [-0.2, -0.15) is 4.31 Å². The summed E-state index contributed by atoms with van der Waals surface area (Å²) in [6, 6.07) is 8.31. The van der Waals surface area contributed by atoms with Gasteiger partial charge in [-0.05, 0) is 30.3 Å². The second-order valence-electron chi connectivity index (χ2n) is 6.81. The molecule has 0 atom stereocenters. The van der Waals surface area contributed by atoms with Crippen molar-refractivity contribution in [3.63, 3.8) is 0 Å². The third kappa shape index (κ3) is 4.08. The average Bonchev–Trinajstić information content (AvgIpc) is 2.71. The number of nitrogens with zero attached hydrogens (tertiary/aromatic N) is 3. The van der Waals surface area contributed by atoms with Crippen molar-refractivity contribution in [2.45, 2.75) is 4.90 Å². The Labute approximate surface area is 167 Å². The lowest BCUT2D eigenvalue weighted by Crippen LogP contribution is -2.50. The minimum atomic E-state index is -4.36. The summed E-state index contributed by atoms with van der Waals surface area (Å²) in [5.74, 6) is -5.29. The van der Waals surface area contributed by atoms with Crippen molar-refractivity contribution in [2.75, 3.05) is 45.2 Å². The number of benzene rings is 2. The predicted octanol–water partition coefficient (Wildman–Crippen LogP) is 2.32. The highest BCUT2D eigenvalue weighted by molar-refractivity contribution is 7.89. The van der Waals surface area contributed by atoms with E-state index in [1.165, 1.54) is 4.90 Å². The summed E-state index contributed by atoms with van der Waals surface area (Å²) in [7, 11) is -0.653. The van der Waals surface area contributed by atoms with Crippen LogP contribution in [0.1, 0.15) is 10.4 Å². The van der Waals surface area contributed by atoms with Crippen molar-refractivity contribution in [1.29, 1.82) is 0 Å². The number of hydrogen-bond acceptors (Lipinski definition) is 4. The van der Waals surface area contributed by atoms with Gasteiger partial charge >= 0.3 is 0 Å². The zero-order chi connectivity index (χ0) is 21.3. The topological polar surface area (TPSA) is 60.9 Å². The van der Waals surface area contributed by atoms with Crippen LogP contribution in [0.4, 0.5) is 18.9 Å². The molecule has 2 aromatic carbocycles. The zero-order valence-corrected chi connectivity index (χ0v) is 16.7. The van der Waals surface area contributed by atoms with Gasteiger partial charge in [0.25, 0.3) is 5.91 Å². The molecule has 1 saturated heterocycles. The Morgan fingerprint density at radius 3 is 2.24 bits per heavy atom. The van der Waals surface area contributed by atoms with E-state index in [1.54, 1.807) is 18.2 Å². The third-order valence-corrected chi connectivity index (χ3v) is 6.67. The van der Waals surface area contributed by atoms with Crippen LogP contribution in [-0.2, 0) is 10.0 Å². The van der Waals surface area contributed by atoms with Crippen molar-refractivity contribution >= 4 is 21.6 Å². The minimum Gasteiger partial charge on any atom is -0.378 e. The normalized spacial score (nSPS) is 15.4. The number of carbonyl (C=O) groups excluding carboxylic acids is 1. The number of halogens is 3. The van der Waals surface area contributed by atoms with Crippen LogP contribution < -0.4 is 4.90 Å². The van der Waals surface area contributed by atoms with Crippen LogP contribution in [0.3, 0.4) is 0 Å². The molecule has 2 aromatic rings. The van der Waals surface area contributed by atoms with E-state index in [-0.39, 0.29) is 32.1 Å². The molecule has 0 bridgehead atoms. The third-order valence-electron chi connectivity index (χ3n) is 4.75. The Hall–Kier alpha value is -2.59. The maximum atomic E-state index is 14.0. The molecule has 0 N–H and O–H groups in total. The summed E-state index contributed by atoms with van der Waals surface area (Å²) in [6.45, 7) is 0.0187. The van der Waals surface area contributed by atoms with Gasteiger partial charge in [-0.1, -0.05) is 6.07 Å². The first-order valence-corrected chi connectivity index (χ1v) is 10.3. The molecular weight excluding hydrogens is 407 g/mol. The lowest BCUT2D eigenvalue weighted by molar-refractivity contribution is 0.0697. The Kier molecular flexibility index (Phi) is 5.85. The van der Waals surface area contributed by atoms with Gasteiger partial charge in [0.2, 0.25) is 10.0 Å². The molecule has 10 heteroatoms. The molecule has 156 valence electrons. The molecule has 1 fully saturated rings. The number of hydrogen-bond donors (Lipinski definition) is 0. The maximum Gasteiger partial charge on any atom is 0.254 e. The van der Waals surface area contributed by atoms with Crippen LogP contribution in [0.25, 0.3) is 0 Å². The van der Waals surface area contributed by atoms with E-state index in [0.29, 0.717) is 17.7 Å². The highest BCUT2D eigenvalue weighted by Crippen LogP contribution is 2.24. The lowest BCUT2D eigenvalue weighted by atomic mass is 10.1. The summed E-state index contributed by atoms with van der Waals surface area (Å²) in [4.78, 5) is 15.2. The van der Waals surface area contributed by atoms with Crippen molar-refractivity contribution in [2.24, 2.45) is 0 Å². The van der Waals surface area contributed by atoms with Crippen LogP contribution in [0, 0.1) is 17.5 Å². The van der Waals surface area contributed by atoms with E-state index >= 15 is 0 Å². The van der Waals surface area contributed by atoms with E-state index in [2.05, 4.69) is 0 Å². The predicted molar refractivity (Wildman–Crippen MR) is 102 cm³/mol. The summed E-state index contributed by atoms with van der Waals surface area (Å²) in [6.07, 6.45) is 0. The van der Waals surface area contributed by atoms with Gasteiger partial charge in [0.15, 0.2) is 17.5 Å². The molecule has 0 saturated carbocycles. The molecule has 6 nitrogen and oxygen atoms in total. The van der Waals surface area contributed by atoms with Gasteiger partial charge in [0.1, 0.15) is 4.90 Å². The second kappa shape index (κ2) is 8.03. The molecule has 0 unspecified atom stereocenters. The van der Waals surface area contributed by atoms with Gasteiger partial charge in [0.05, 0.1) is 0 Å². The van der Waals surface area contributed by atoms with Gasteiger partial charge in [-0.3, -0.25) is 4.79 Å². The minimum absolute atomic E-state index is 0.0835. The Balaban J connectivity index is 1.74. The van der Waals surface area contributed by atoms with Crippen molar-refractivity contribution in [1.82, 2.24) is 9.21 Å². The highest BCUT2D eigenvalue weighted by atomic mass is 32.2. The number of piperazine rings is 1. The first kappa shape index (κ1) is 21.1. The SMILES string of the molecule is CN(C)c1cccc(C(=O)N2CCN(S(=O)(=O)c3ccc(F)c(F)c3F)CC2)c1. The fourth-order valence-corrected chi connectivity index (χ4v) is 4.56. The van der Waals surface area contributed by atoms with Crippen LogP contribution in [-0.4, -0.2) is 63.8 Å². The fourth-order valence-electron chi connectivity index (χ4n) is 3.08. The van der Waals surface area contributed by atoms with E-state index < -0.39 is 32.4 Å². The summed E-state index contributed by atoms with van der Waals surface area (Å²) in [5, 5.41) is 0. The van der Waals surface area contributed by atoms with E-state index in [1.807, 2.05) is 25.1 Å². The lowest BCUT2D eigenvalue weighted by Gasteiger charge is -2.34. The number of amides is 1. The Morgan fingerprint density at radius 1 is 0.966 bits per heavy atom. The molecule has 0 spiro atoms. The van der Waals surface area contributed by atoms with Gasteiger partial charge in [-0.15, -0.1) is 0 Å². The zero-order valence-electron chi connectivity index (χ0n) is 15.9. The smallest absolute Gasteiger partial charge is 0.254 e. The number of sulfonamides is 1. The van der Waals surface area contributed by atoms with Crippen molar-refractivity contribution < 1.29 is 26.4 Å². The molecule has 0 aliphatic carbocycles. The van der Waals surface area contributed by atoms with E-state index in [0.717, 1.165) is 9.99 Å². The molecule has 29 heavy (non-hydrogen) atoms. The Bertz CT molecular complexity index is 1040. The molecule has 1 heterocycles. The fraction of sp³-hybridized carbons (Fsp3) is 0.316. The first-order chi connectivity index (χ1) is 13.6. The van der Waals surface area contributed by atoms with Gasteiger partial charge in [0, 0.05) is 51.5 Å². The van der Waals surface area contributed by atoms with E-state index in [4.69, 9.17) is 0 Å². The average molecular weight is 427 g/mol. The second-order valence-corrected chi connectivity index (χ2v) is 8.72. The van der Waals surface area contributed by atoms with Crippen molar-refractivity contribution in [3.05, 3.63) is 59.4 Å². The molecule has 1 aliphatic heterocycles. The molecule has 0 aromatic heterocycles. The van der Waals surface area contributed by atoms with Crippen LogP contribution in [0.2, 0.25) is 0 Å². The first-order valence-electron chi connectivity index (χ1n) is 8.83. The monoisotopic (exact) mass is 427 g/mol. The van der Waals surface area contributed by atoms with Crippen LogP contribution in [0.5, 0.6) is 0 Å². The maximum absolute atomic E-state index is 14.0. The van der Waals surface area contributed by atoms with E-state index in [9.17, 15) is 26.4 Å². The van der Waals surface area contributed by atoms with Gasteiger partial charge in [-0.25, -0.2) is 21.6 Å². The quantitative estimate of drug-likeness (QED) is 0.703. The van der Waals surface area contributed by atoms with Gasteiger partial charge < -0.3 is 9.80 Å². The highest BCUT2D eigenvalue weighted by Gasteiger charge is 2.33. The van der Waals surface area contributed by atoms with Crippen molar-refractivity contribution in [3.8, 4) is 0 Å². The molecule has 1 aliphatic rings. The summed E-state index contributed by atoms with van der Waals surface area (Å²) in [5.41, 5.74) is 1.32. The molecule has 1 amide bonds.